The zero-order valence-corrected chi connectivity index (χ0v) is 15.3. The first kappa shape index (κ1) is 23.2. The van der Waals surface area contributed by atoms with E-state index in [1.165, 1.54) is 0 Å². The van der Waals surface area contributed by atoms with Crippen LogP contribution >= 0.6 is 37.7 Å². The maximum atomic E-state index is 12.0. The second kappa shape index (κ2) is 12.4. The van der Waals surface area contributed by atoms with Crippen molar-refractivity contribution in [3.05, 3.63) is 0 Å². The van der Waals surface area contributed by atoms with Crippen LogP contribution in [0.5, 0.6) is 0 Å². The van der Waals surface area contributed by atoms with Crippen LogP contribution < -0.4 is 16.4 Å². The van der Waals surface area contributed by atoms with E-state index in [9.17, 15) is 9.59 Å². The normalized spacial score (nSPS) is 12.2. The number of hydrogen-bond acceptors (Lipinski definition) is 5. The highest BCUT2D eigenvalue weighted by molar-refractivity contribution is 7.80. The van der Waals surface area contributed by atoms with Crippen molar-refractivity contribution >= 4 is 49.5 Å². The molecular formula is C13H28ClN3O2S2. The van der Waals surface area contributed by atoms with Crippen LogP contribution in [0, 0.1) is 5.41 Å². The molecule has 0 aliphatic carbocycles. The van der Waals surface area contributed by atoms with Crippen molar-refractivity contribution in [3.8, 4) is 0 Å². The Bertz CT molecular complexity index is 318. The molecular weight excluding hydrogens is 330 g/mol. The summed E-state index contributed by atoms with van der Waals surface area (Å²) in [5, 5.41) is 5.52. The molecule has 1 atom stereocenters. The minimum absolute atomic E-state index is 0. The Labute approximate surface area is 144 Å². The Kier molecular flexibility index (Phi) is 13.7. The molecule has 4 N–H and O–H groups in total. The molecule has 0 saturated carbocycles. The van der Waals surface area contributed by atoms with Gasteiger partial charge in [-0.25, -0.2) is 0 Å². The number of nitrogens with two attached hydrogens (primary N) is 1. The smallest absolute Gasteiger partial charge is 0.243 e. The second-order valence-electron chi connectivity index (χ2n) is 5.39. The number of hydrogen-bond donors (Lipinski definition) is 5. The molecule has 8 heteroatoms. The molecule has 0 aliphatic rings. The topological polar surface area (TPSA) is 84.2 Å². The van der Waals surface area contributed by atoms with Gasteiger partial charge in [-0.2, -0.15) is 25.3 Å². The summed E-state index contributed by atoms with van der Waals surface area (Å²) in [5.41, 5.74) is 4.79. The summed E-state index contributed by atoms with van der Waals surface area (Å²) in [4.78, 5) is 23.9. The van der Waals surface area contributed by atoms with E-state index in [0.717, 1.165) is 19.3 Å². The zero-order chi connectivity index (χ0) is 15.6. The number of unbranched alkanes of at least 4 members (excludes halogenated alkanes) is 2. The Hall–Kier alpha value is -0.110. The summed E-state index contributed by atoms with van der Waals surface area (Å²) in [6.07, 6.45) is 2.83. The number of amides is 2. The lowest BCUT2D eigenvalue weighted by molar-refractivity contribution is -0.132. The third-order valence-corrected chi connectivity index (χ3v) is 4.15. The molecule has 2 amide bonds. The monoisotopic (exact) mass is 357 g/mol. The van der Waals surface area contributed by atoms with Gasteiger partial charge in [0.05, 0.1) is 5.41 Å². The van der Waals surface area contributed by atoms with E-state index in [1.807, 2.05) is 0 Å². The fourth-order valence-electron chi connectivity index (χ4n) is 1.40. The van der Waals surface area contributed by atoms with Gasteiger partial charge in [0.1, 0.15) is 6.04 Å². The summed E-state index contributed by atoms with van der Waals surface area (Å²) < 4.78 is 0. The molecule has 5 nitrogen and oxygen atoms in total. The van der Waals surface area contributed by atoms with Crippen molar-refractivity contribution in [2.75, 3.05) is 24.6 Å². The number of carbonyl (C=O) groups excluding carboxylic acids is 2. The van der Waals surface area contributed by atoms with Crippen molar-refractivity contribution in [1.29, 1.82) is 0 Å². The molecule has 0 fully saturated rings. The highest BCUT2D eigenvalue weighted by Gasteiger charge is 2.29. The average molecular weight is 358 g/mol. The first-order chi connectivity index (χ1) is 9.38. The van der Waals surface area contributed by atoms with Crippen molar-refractivity contribution in [2.45, 2.75) is 39.2 Å². The van der Waals surface area contributed by atoms with Crippen LogP contribution in [0.1, 0.15) is 33.1 Å². The van der Waals surface area contributed by atoms with Gasteiger partial charge in [0.25, 0.3) is 0 Å². The van der Waals surface area contributed by atoms with E-state index < -0.39 is 11.5 Å². The fraction of sp³-hybridized carbons (Fsp3) is 0.846. The van der Waals surface area contributed by atoms with Crippen LogP contribution in [0.2, 0.25) is 0 Å². The van der Waals surface area contributed by atoms with Crippen molar-refractivity contribution in [3.63, 3.8) is 0 Å². The highest BCUT2D eigenvalue weighted by atomic mass is 35.5. The van der Waals surface area contributed by atoms with Crippen LogP contribution in [0.25, 0.3) is 0 Å². The third-order valence-electron chi connectivity index (χ3n) is 2.99. The molecule has 0 saturated heterocycles. The predicted octanol–water partition coefficient (Wildman–Crippen LogP) is 1.02. The van der Waals surface area contributed by atoms with E-state index in [1.54, 1.807) is 13.8 Å². The van der Waals surface area contributed by atoms with Crippen LogP contribution in [0.15, 0.2) is 0 Å². The van der Waals surface area contributed by atoms with E-state index in [-0.39, 0.29) is 30.0 Å². The first-order valence-corrected chi connectivity index (χ1v) is 8.16. The number of halogens is 1. The molecule has 0 aliphatic heterocycles. The molecule has 1 unspecified atom stereocenters. The lowest BCUT2D eigenvalue weighted by Gasteiger charge is -2.24. The molecule has 126 valence electrons. The van der Waals surface area contributed by atoms with Crippen LogP contribution in [-0.4, -0.2) is 42.5 Å². The van der Waals surface area contributed by atoms with Gasteiger partial charge in [-0.15, -0.1) is 12.4 Å². The SMILES string of the molecule is CC(C)(CS)C(=O)NC(CS)C(=O)NCCCCCN.Cl. The van der Waals surface area contributed by atoms with Gasteiger partial charge in [-0.1, -0.05) is 20.3 Å². The highest BCUT2D eigenvalue weighted by Crippen LogP contribution is 2.16. The summed E-state index contributed by atoms with van der Waals surface area (Å²) in [7, 11) is 0. The van der Waals surface area contributed by atoms with Crippen LogP contribution in [0.3, 0.4) is 0 Å². The predicted molar refractivity (Wildman–Crippen MR) is 96.6 cm³/mol. The second-order valence-corrected chi connectivity index (χ2v) is 6.07. The maximum Gasteiger partial charge on any atom is 0.243 e. The molecule has 21 heavy (non-hydrogen) atoms. The minimum Gasteiger partial charge on any atom is -0.354 e. The average Bonchev–Trinajstić information content (AvgIpc) is 2.43. The number of rotatable bonds is 10. The standard InChI is InChI=1S/C13H27N3O2S2.ClH/c1-13(2,9-20)12(18)16-10(8-19)11(17)15-7-5-3-4-6-14;/h10,19-20H,3-9,14H2,1-2H3,(H,15,17)(H,16,18);1H. The van der Waals surface area contributed by atoms with Gasteiger partial charge in [-0.05, 0) is 19.4 Å². The summed E-state index contributed by atoms with van der Waals surface area (Å²) in [6.45, 7) is 4.84. The summed E-state index contributed by atoms with van der Waals surface area (Å²) in [6, 6.07) is -0.612. The first-order valence-electron chi connectivity index (χ1n) is 6.89. The molecule has 0 aromatic rings. The van der Waals surface area contributed by atoms with E-state index >= 15 is 0 Å². The Morgan fingerprint density at radius 3 is 2.29 bits per heavy atom. The fourth-order valence-corrected chi connectivity index (χ4v) is 1.80. The summed E-state index contributed by atoms with van der Waals surface area (Å²) in [5.74, 6) is 0.294. The van der Waals surface area contributed by atoms with E-state index in [0.29, 0.717) is 18.8 Å². The number of thiol groups is 2. The number of nitrogens with one attached hydrogen (secondary N) is 2. The molecule has 0 rings (SSSR count). The van der Waals surface area contributed by atoms with Crippen molar-refractivity contribution in [2.24, 2.45) is 11.1 Å². The molecule has 0 spiro atoms. The summed E-state index contributed by atoms with van der Waals surface area (Å²) >= 11 is 8.26. The zero-order valence-electron chi connectivity index (χ0n) is 12.7. The number of carbonyl (C=O) groups is 2. The van der Waals surface area contributed by atoms with Crippen molar-refractivity contribution < 1.29 is 9.59 Å². The molecule has 0 aromatic carbocycles. The van der Waals surface area contributed by atoms with Crippen molar-refractivity contribution in [1.82, 2.24) is 10.6 Å². The van der Waals surface area contributed by atoms with Gasteiger partial charge < -0.3 is 16.4 Å². The lowest BCUT2D eigenvalue weighted by Crippen LogP contribution is -2.52. The Balaban J connectivity index is 0. The van der Waals surface area contributed by atoms with Gasteiger partial charge >= 0.3 is 0 Å². The maximum absolute atomic E-state index is 12.0. The van der Waals surface area contributed by atoms with E-state index in [2.05, 4.69) is 35.9 Å². The van der Waals surface area contributed by atoms with E-state index in [4.69, 9.17) is 5.73 Å². The molecule has 0 bridgehead atoms. The lowest BCUT2D eigenvalue weighted by atomic mass is 9.95. The quantitative estimate of drug-likeness (QED) is 0.299. The van der Waals surface area contributed by atoms with Gasteiger partial charge in [0.15, 0.2) is 0 Å². The molecule has 0 aromatic heterocycles. The van der Waals surface area contributed by atoms with Crippen LogP contribution in [-0.2, 0) is 9.59 Å². The molecule has 0 radical (unpaired) electrons. The minimum atomic E-state index is -0.612. The molecule has 0 heterocycles. The van der Waals surface area contributed by atoms with Gasteiger partial charge in [0.2, 0.25) is 11.8 Å². The Morgan fingerprint density at radius 2 is 1.81 bits per heavy atom. The van der Waals surface area contributed by atoms with Gasteiger partial charge in [-0.3, -0.25) is 9.59 Å². The largest absolute Gasteiger partial charge is 0.354 e. The Morgan fingerprint density at radius 1 is 1.19 bits per heavy atom. The van der Waals surface area contributed by atoms with Crippen LogP contribution in [0.4, 0.5) is 0 Å². The third kappa shape index (κ3) is 9.50. The van der Waals surface area contributed by atoms with Gasteiger partial charge in [0, 0.05) is 18.1 Å².